The van der Waals surface area contributed by atoms with Crippen molar-refractivity contribution in [3.63, 3.8) is 0 Å². The number of likely N-dealkylation sites (tertiary alicyclic amines) is 1. The molecule has 39 heavy (non-hydrogen) atoms. The number of pyridine rings is 1. The van der Waals surface area contributed by atoms with E-state index >= 15 is 0 Å². The molecule has 3 N–H and O–H groups in total. The smallest absolute Gasteiger partial charge is 0.251 e. The third-order valence-corrected chi connectivity index (χ3v) is 6.60. The van der Waals surface area contributed by atoms with Crippen molar-refractivity contribution < 1.29 is 19.2 Å². The number of nitrogens with zero attached hydrogens (tertiary/aromatic N) is 2. The number of carbonyl (C=O) groups is 4. The summed E-state index contributed by atoms with van der Waals surface area (Å²) in [4.78, 5) is 57.3. The van der Waals surface area contributed by atoms with Gasteiger partial charge >= 0.3 is 0 Å². The Kier molecular flexibility index (Phi) is 11.2. The predicted octanol–water partition coefficient (Wildman–Crippen LogP) is 2.37. The van der Waals surface area contributed by atoms with Crippen molar-refractivity contribution in [1.82, 2.24) is 25.8 Å². The standard InChI is InChI=1S/C30H41N5O4/c1-20(2)14-24(32-29(38)23-10-12-31-13-11-23)17-35-18-26(27(36)19-35)34-30(39)25(15-21(3)4)33-28(37)16-22-8-6-5-7-9-22/h5-13,20-21,24-26H,14-19H2,1-4H3,(H,32,38)(H,33,37)(H,34,39)/t24-,25-,26?/m0/s1. The van der Waals surface area contributed by atoms with Gasteiger partial charge in [0, 0.05) is 37.1 Å². The van der Waals surface area contributed by atoms with Gasteiger partial charge in [0.05, 0.1) is 13.0 Å². The number of hydrogen-bond donors (Lipinski definition) is 3. The van der Waals surface area contributed by atoms with Gasteiger partial charge in [0.25, 0.3) is 5.91 Å². The van der Waals surface area contributed by atoms with Gasteiger partial charge in [-0.2, -0.15) is 0 Å². The van der Waals surface area contributed by atoms with Crippen LogP contribution in [0.2, 0.25) is 0 Å². The average Bonchev–Trinajstić information content (AvgIpc) is 3.22. The fourth-order valence-electron chi connectivity index (χ4n) is 4.85. The zero-order chi connectivity index (χ0) is 28.4. The molecule has 1 fully saturated rings. The SMILES string of the molecule is CC(C)C[C@@H](CN1CC(=O)C(NC(=O)[C@H](CC(C)C)NC(=O)Cc2ccccc2)C1)NC(=O)c1ccncc1. The predicted molar refractivity (Wildman–Crippen MR) is 150 cm³/mol. The van der Waals surface area contributed by atoms with Crippen LogP contribution in [0.1, 0.15) is 56.5 Å². The van der Waals surface area contributed by atoms with E-state index in [2.05, 4.69) is 34.8 Å². The van der Waals surface area contributed by atoms with Gasteiger partial charge in [-0.15, -0.1) is 0 Å². The van der Waals surface area contributed by atoms with Gasteiger partial charge in [-0.25, -0.2) is 0 Å². The third kappa shape index (κ3) is 9.90. The van der Waals surface area contributed by atoms with Gasteiger partial charge in [0.1, 0.15) is 12.1 Å². The van der Waals surface area contributed by atoms with Crippen LogP contribution in [0.4, 0.5) is 0 Å². The Morgan fingerprint density at radius 2 is 1.62 bits per heavy atom. The number of nitrogens with one attached hydrogen (secondary N) is 3. The average molecular weight is 536 g/mol. The lowest BCUT2D eigenvalue weighted by Crippen LogP contribution is -2.52. The summed E-state index contributed by atoms with van der Waals surface area (Å²) in [7, 11) is 0. The van der Waals surface area contributed by atoms with E-state index in [9.17, 15) is 19.2 Å². The molecule has 0 spiro atoms. The number of hydrogen-bond acceptors (Lipinski definition) is 6. The molecule has 3 amide bonds. The Labute approximate surface area is 231 Å². The van der Waals surface area contributed by atoms with Gasteiger partial charge < -0.3 is 16.0 Å². The summed E-state index contributed by atoms with van der Waals surface area (Å²) in [5.41, 5.74) is 1.40. The molecule has 1 aliphatic heterocycles. The number of aromatic nitrogens is 1. The molecule has 0 aliphatic carbocycles. The highest BCUT2D eigenvalue weighted by Gasteiger charge is 2.35. The first kappa shape index (κ1) is 30.0. The maximum Gasteiger partial charge on any atom is 0.251 e. The number of Topliss-reactive ketones (excluding diaryl/α,β-unsaturated/α-hetero) is 1. The van der Waals surface area contributed by atoms with Gasteiger partial charge in [-0.05, 0) is 42.4 Å². The molecule has 1 aromatic heterocycles. The van der Waals surface area contributed by atoms with Gasteiger partial charge in [-0.3, -0.25) is 29.1 Å². The summed E-state index contributed by atoms with van der Waals surface area (Å²) >= 11 is 0. The number of benzene rings is 1. The van der Waals surface area contributed by atoms with Crippen molar-refractivity contribution in [2.75, 3.05) is 19.6 Å². The van der Waals surface area contributed by atoms with Crippen LogP contribution in [0.15, 0.2) is 54.9 Å². The van der Waals surface area contributed by atoms with E-state index < -0.39 is 12.1 Å². The van der Waals surface area contributed by atoms with Gasteiger partial charge in [0.2, 0.25) is 11.8 Å². The van der Waals surface area contributed by atoms with E-state index in [4.69, 9.17) is 0 Å². The van der Waals surface area contributed by atoms with Gasteiger partial charge in [-0.1, -0.05) is 58.0 Å². The second kappa shape index (κ2) is 14.5. The van der Waals surface area contributed by atoms with E-state index in [-0.39, 0.29) is 48.4 Å². The maximum absolute atomic E-state index is 13.2. The molecule has 3 rings (SSSR count). The largest absolute Gasteiger partial charge is 0.348 e. The lowest BCUT2D eigenvalue weighted by molar-refractivity contribution is -0.130. The Balaban J connectivity index is 1.58. The monoisotopic (exact) mass is 535 g/mol. The van der Waals surface area contributed by atoms with Crippen molar-refractivity contribution >= 4 is 23.5 Å². The summed E-state index contributed by atoms with van der Waals surface area (Å²) in [6.45, 7) is 9.20. The molecule has 1 aromatic carbocycles. The molecule has 3 atom stereocenters. The molecule has 1 saturated heterocycles. The summed E-state index contributed by atoms with van der Waals surface area (Å²) in [6.07, 6.45) is 4.56. The van der Waals surface area contributed by atoms with Crippen LogP contribution < -0.4 is 16.0 Å². The summed E-state index contributed by atoms with van der Waals surface area (Å²) in [5, 5.41) is 8.82. The number of amides is 3. The fourth-order valence-corrected chi connectivity index (χ4v) is 4.85. The number of rotatable bonds is 13. The molecular weight excluding hydrogens is 494 g/mol. The van der Waals surface area contributed by atoms with E-state index in [0.29, 0.717) is 31.0 Å². The van der Waals surface area contributed by atoms with Crippen molar-refractivity contribution in [2.24, 2.45) is 11.8 Å². The molecule has 2 aromatic rings. The highest BCUT2D eigenvalue weighted by molar-refractivity contribution is 5.95. The minimum absolute atomic E-state index is 0.0778. The molecule has 2 heterocycles. The quantitative estimate of drug-likeness (QED) is 0.362. The van der Waals surface area contributed by atoms with E-state index in [1.54, 1.807) is 24.5 Å². The molecule has 1 aliphatic rings. The molecule has 0 radical (unpaired) electrons. The van der Waals surface area contributed by atoms with Crippen LogP contribution >= 0.6 is 0 Å². The second-order valence-corrected chi connectivity index (χ2v) is 11.2. The Morgan fingerprint density at radius 3 is 2.26 bits per heavy atom. The van der Waals surface area contributed by atoms with Crippen LogP contribution in [0, 0.1) is 11.8 Å². The van der Waals surface area contributed by atoms with Crippen LogP contribution in [-0.4, -0.2) is 71.1 Å². The first-order valence-electron chi connectivity index (χ1n) is 13.7. The molecule has 0 saturated carbocycles. The van der Waals surface area contributed by atoms with Crippen molar-refractivity contribution in [2.45, 2.75) is 65.1 Å². The number of ketones is 1. The Hall–Kier alpha value is -3.59. The summed E-state index contributed by atoms with van der Waals surface area (Å²) < 4.78 is 0. The fraction of sp³-hybridized carbons (Fsp3) is 0.500. The molecule has 0 bridgehead atoms. The molecular formula is C30H41N5O4. The van der Waals surface area contributed by atoms with E-state index in [1.807, 2.05) is 49.1 Å². The molecule has 210 valence electrons. The van der Waals surface area contributed by atoms with Crippen LogP contribution in [0.25, 0.3) is 0 Å². The minimum Gasteiger partial charge on any atom is -0.348 e. The molecule has 9 heteroatoms. The zero-order valence-corrected chi connectivity index (χ0v) is 23.4. The maximum atomic E-state index is 13.2. The molecule has 1 unspecified atom stereocenters. The van der Waals surface area contributed by atoms with E-state index in [0.717, 1.165) is 12.0 Å². The first-order valence-corrected chi connectivity index (χ1v) is 13.7. The van der Waals surface area contributed by atoms with Crippen molar-refractivity contribution in [3.05, 3.63) is 66.0 Å². The minimum atomic E-state index is -0.726. The second-order valence-electron chi connectivity index (χ2n) is 11.2. The van der Waals surface area contributed by atoms with E-state index in [1.165, 1.54) is 0 Å². The lowest BCUT2D eigenvalue weighted by Gasteiger charge is -2.26. The summed E-state index contributed by atoms with van der Waals surface area (Å²) in [5.74, 6) is -0.322. The van der Waals surface area contributed by atoms with Crippen molar-refractivity contribution in [1.29, 1.82) is 0 Å². The van der Waals surface area contributed by atoms with Crippen LogP contribution in [0.3, 0.4) is 0 Å². The highest BCUT2D eigenvalue weighted by Crippen LogP contribution is 2.13. The van der Waals surface area contributed by atoms with Crippen LogP contribution in [0.5, 0.6) is 0 Å². The Morgan fingerprint density at radius 1 is 0.949 bits per heavy atom. The Bertz CT molecular complexity index is 1110. The number of carbonyl (C=O) groups excluding carboxylic acids is 4. The molecule has 9 nitrogen and oxygen atoms in total. The van der Waals surface area contributed by atoms with Crippen molar-refractivity contribution in [3.8, 4) is 0 Å². The lowest BCUT2D eigenvalue weighted by atomic mass is 10.0. The topological polar surface area (TPSA) is 121 Å². The van der Waals surface area contributed by atoms with Gasteiger partial charge in [0.15, 0.2) is 5.78 Å². The summed E-state index contributed by atoms with van der Waals surface area (Å²) in [6, 6.07) is 11.2. The normalized spacial score (nSPS) is 17.2. The highest BCUT2D eigenvalue weighted by atomic mass is 16.2. The first-order chi connectivity index (χ1) is 18.6. The van der Waals surface area contributed by atoms with Crippen LogP contribution in [-0.2, 0) is 20.8 Å². The third-order valence-electron chi connectivity index (χ3n) is 6.60. The zero-order valence-electron chi connectivity index (χ0n) is 23.4.